The van der Waals surface area contributed by atoms with Crippen LogP contribution < -0.4 is 15.5 Å². The maximum Gasteiger partial charge on any atom is 0.276 e. The SMILES string of the molecule is Cc1ccc(S(=O)(=O)N/N=C\c2ccc(-c3nc(-c4nc(N)nc(N(C)c5ccccc5)n4)no3)cn2)cc1. The van der Waals surface area contributed by atoms with E-state index in [-0.39, 0.29) is 28.4 Å². The van der Waals surface area contributed by atoms with Crippen molar-refractivity contribution in [2.45, 2.75) is 11.8 Å². The normalized spacial score (nSPS) is 11.5. The van der Waals surface area contributed by atoms with Crippen LogP contribution in [0.2, 0.25) is 0 Å². The van der Waals surface area contributed by atoms with Crippen LogP contribution in [0.5, 0.6) is 0 Å². The largest absolute Gasteiger partial charge is 0.368 e. The summed E-state index contributed by atoms with van der Waals surface area (Å²) in [4.78, 5) is 25.4. The van der Waals surface area contributed by atoms with E-state index >= 15 is 0 Å². The summed E-state index contributed by atoms with van der Waals surface area (Å²) < 4.78 is 30.1. The zero-order chi connectivity index (χ0) is 27.4. The Balaban J connectivity index is 1.29. The summed E-state index contributed by atoms with van der Waals surface area (Å²) in [6, 6.07) is 19.3. The summed E-state index contributed by atoms with van der Waals surface area (Å²) in [5.41, 5.74) is 8.66. The van der Waals surface area contributed by atoms with Gasteiger partial charge in [-0.1, -0.05) is 41.1 Å². The van der Waals surface area contributed by atoms with E-state index in [1.165, 1.54) is 24.5 Å². The monoisotopic (exact) mass is 542 g/mol. The second-order valence-corrected chi connectivity index (χ2v) is 9.93. The van der Waals surface area contributed by atoms with Crippen LogP contribution in [0.3, 0.4) is 0 Å². The maximum atomic E-state index is 12.3. The van der Waals surface area contributed by atoms with Crippen molar-refractivity contribution in [2.75, 3.05) is 17.7 Å². The first-order valence-corrected chi connectivity index (χ1v) is 13.0. The lowest BCUT2D eigenvalue weighted by Gasteiger charge is -2.17. The summed E-state index contributed by atoms with van der Waals surface area (Å²) >= 11 is 0. The molecule has 0 aliphatic carbocycles. The fourth-order valence-electron chi connectivity index (χ4n) is 3.37. The molecule has 0 fully saturated rings. The van der Waals surface area contributed by atoms with Crippen LogP contribution in [0, 0.1) is 6.92 Å². The van der Waals surface area contributed by atoms with Crippen LogP contribution in [0.25, 0.3) is 23.1 Å². The fraction of sp³-hybridized carbons (Fsp3) is 0.0800. The number of anilines is 3. The smallest absolute Gasteiger partial charge is 0.276 e. The number of aryl methyl sites for hydroxylation is 1. The third-order valence-electron chi connectivity index (χ3n) is 5.44. The first-order chi connectivity index (χ1) is 18.8. The lowest BCUT2D eigenvalue weighted by Crippen LogP contribution is -2.18. The molecule has 0 radical (unpaired) electrons. The number of pyridine rings is 1. The van der Waals surface area contributed by atoms with Gasteiger partial charge in [-0.3, -0.25) is 4.98 Å². The number of sulfonamides is 1. The Labute approximate surface area is 223 Å². The van der Waals surface area contributed by atoms with Gasteiger partial charge < -0.3 is 15.2 Å². The van der Waals surface area contributed by atoms with Crippen LogP contribution >= 0.6 is 0 Å². The molecule has 0 saturated heterocycles. The molecule has 0 amide bonds. The van der Waals surface area contributed by atoms with Gasteiger partial charge in [0.2, 0.25) is 23.5 Å². The van der Waals surface area contributed by atoms with Gasteiger partial charge in [-0.2, -0.15) is 33.5 Å². The number of hydrazone groups is 1. The highest BCUT2D eigenvalue weighted by molar-refractivity contribution is 7.89. The highest BCUT2D eigenvalue weighted by Crippen LogP contribution is 2.24. The number of aromatic nitrogens is 6. The average Bonchev–Trinajstić information content (AvgIpc) is 3.44. The summed E-state index contributed by atoms with van der Waals surface area (Å²) in [5.74, 6) is 0.773. The molecule has 0 aliphatic rings. The molecule has 2 aromatic carbocycles. The van der Waals surface area contributed by atoms with E-state index in [1.54, 1.807) is 36.2 Å². The van der Waals surface area contributed by atoms with Gasteiger partial charge in [0.05, 0.1) is 22.4 Å². The Kier molecular flexibility index (Phi) is 6.93. The van der Waals surface area contributed by atoms with E-state index in [1.807, 2.05) is 37.3 Å². The molecule has 13 nitrogen and oxygen atoms in total. The third kappa shape index (κ3) is 5.86. The van der Waals surface area contributed by atoms with Gasteiger partial charge in [-0.25, -0.2) is 4.83 Å². The molecule has 3 N–H and O–H groups in total. The van der Waals surface area contributed by atoms with E-state index in [0.717, 1.165) is 11.3 Å². The number of hydrogen-bond acceptors (Lipinski definition) is 12. The van der Waals surface area contributed by atoms with Crippen molar-refractivity contribution < 1.29 is 12.9 Å². The van der Waals surface area contributed by atoms with E-state index in [9.17, 15) is 8.42 Å². The van der Waals surface area contributed by atoms with Crippen molar-refractivity contribution in [3.05, 3.63) is 84.2 Å². The van der Waals surface area contributed by atoms with Gasteiger partial charge in [0, 0.05) is 18.9 Å². The van der Waals surface area contributed by atoms with Crippen molar-refractivity contribution >= 4 is 33.8 Å². The molecule has 3 heterocycles. The highest BCUT2D eigenvalue weighted by atomic mass is 32.2. The maximum absolute atomic E-state index is 12.3. The molecule has 0 spiro atoms. The van der Waals surface area contributed by atoms with E-state index in [0.29, 0.717) is 17.2 Å². The minimum atomic E-state index is -3.79. The quantitative estimate of drug-likeness (QED) is 0.217. The zero-order valence-electron chi connectivity index (χ0n) is 20.8. The van der Waals surface area contributed by atoms with Crippen LogP contribution in [-0.2, 0) is 10.0 Å². The second kappa shape index (κ2) is 10.6. The van der Waals surface area contributed by atoms with E-state index in [4.69, 9.17) is 10.3 Å². The van der Waals surface area contributed by atoms with Crippen molar-refractivity contribution in [1.29, 1.82) is 0 Å². The molecule has 0 unspecified atom stereocenters. The van der Waals surface area contributed by atoms with Crippen LogP contribution in [0.15, 0.2) is 87.4 Å². The molecule has 0 bridgehead atoms. The Hall–Kier alpha value is -5.24. The van der Waals surface area contributed by atoms with Gasteiger partial charge in [0.25, 0.3) is 15.9 Å². The summed E-state index contributed by atoms with van der Waals surface area (Å²) in [5, 5.41) is 7.76. The Morgan fingerprint density at radius 3 is 2.44 bits per heavy atom. The molecule has 0 atom stereocenters. The summed E-state index contributed by atoms with van der Waals surface area (Å²) in [6.07, 6.45) is 2.77. The van der Waals surface area contributed by atoms with Crippen LogP contribution in [0.4, 0.5) is 17.6 Å². The molecule has 0 aliphatic heterocycles. The number of nitrogens with two attached hydrogens (primary N) is 1. The average molecular weight is 543 g/mol. The Morgan fingerprint density at radius 1 is 0.949 bits per heavy atom. The minimum Gasteiger partial charge on any atom is -0.368 e. The molecule has 3 aromatic heterocycles. The van der Waals surface area contributed by atoms with Crippen molar-refractivity contribution in [2.24, 2.45) is 5.10 Å². The number of nitrogen functional groups attached to an aromatic ring is 1. The van der Waals surface area contributed by atoms with Gasteiger partial charge in [-0.15, -0.1) is 0 Å². The molecular formula is C25H22N10O3S. The van der Waals surface area contributed by atoms with Crippen LogP contribution in [0.1, 0.15) is 11.3 Å². The summed E-state index contributed by atoms with van der Waals surface area (Å²) in [6.45, 7) is 1.87. The van der Waals surface area contributed by atoms with Gasteiger partial charge in [-0.05, 0) is 43.3 Å². The highest BCUT2D eigenvalue weighted by Gasteiger charge is 2.18. The van der Waals surface area contributed by atoms with E-state index in [2.05, 4.69) is 40.0 Å². The lowest BCUT2D eigenvalue weighted by molar-refractivity contribution is 0.431. The van der Waals surface area contributed by atoms with E-state index < -0.39 is 10.0 Å². The number of rotatable bonds is 8. The summed E-state index contributed by atoms with van der Waals surface area (Å²) in [7, 11) is -1.98. The zero-order valence-corrected chi connectivity index (χ0v) is 21.6. The molecular weight excluding hydrogens is 520 g/mol. The predicted octanol–water partition coefficient (Wildman–Crippen LogP) is 2.95. The fourth-order valence-corrected chi connectivity index (χ4v) is 4.16. The standard InChI is InChI=1S/C25H22N10O3S/c1-16-8-12-20(13-9-16)39(36,37)34-28-15-18-11-10-17(14-27-18)23-29-22(33-38-23)21-30-24(26)32-25(31-21)35(2)19-6-4-3-5-7-19/h3-15,34H,1-2H3,(H2,26,30,31,32)/b28-15-. The van der Waals surface area contributed by atoms with Crippen molar-refractivity contribution in [3.63, 3.8) is 0 Å². The molecule has 0 saturated carbocycles. The predicted molar refractivity (Wildman–Crippen MR) is 144 cm³/mol. The second-order valence-electron chi connectivity index (χ2n) is 8.27. The van der Waals surface area contributed by atoms with Crippen LogP contribution in [-0.4, -0.2) is 51.8 Å². The van der Waals surface area contributed by atoms with Gasteiger partial charge >= 0.3 is 0 Å². The molecule has 5 aromatic rings. The van der Waals surface area contributed by atoms with Gasteiger partial charge in [0.1, 0.15) is 0 Å². The number of benzene rings is 2. The van der Waals surface area contributed by atoms with Gasteiger partial charge in [0.15, 0.2) is 0 Å². The topological polar surface area (TPSA) is 178 Å². The molecule has 14 heteroatoms. The molecule has 39 heavy (non-hydrogen) atoms. The molecule has 196 valence electrons. The third-order valence-corrected chi connectivity index (χ3v) is 6.68. The number of para-hydroxylation sites is 1. The molecule has 5 rings (SSSR count). The Bertz CT molecular complexity index is 1720. The lowest BCUT2D eigenvalue weighted by atomic mass is 10.2. The number of hydrogen-bond donors (Lipinski definition) is 2. The Morgan fingerprint density at radius 2 is 1.72 bits per heavy atom. The van der Waals surface area contributed by atoms with Crippen molar-refractivity contribution in [3.8, 4) is 23.1 Å². The first kappa shape index (κ1) is 25.4. The van der Waals surface area contributed by atoms with Crippen molar-refractivity contribution in [1.82, 2.24) is 34.9 Å². The first-order valence-electron chi connectivity index (χ1n) is 11.5. The number of nitrogens with zero attached hydrogens (tertiary/aromatic N) is 8. The minimum absolute atomic E-state index is 0.00689. The number of nitrogens with one attached hydrogen (secondary N) is 1.